The Morgan fingerprint density at radius 1 is 1.11 bits per heavy atom. The number of allylic oxidation sites excluding steroid dienone is 1. The van der Waals surface area contributed by atoms with E-state index in [1.807, 2.05) is 6.07 Å². The van der Waals surface area contributed by atoms with Gasteiger partial charge >= 0.3 is 5.97 Å². The first-order valence-electron chi connectivity index (χ1n) is 13.2. The standard InChI is InChI=1S/C31H38N2O3/c1-5-6-7-20-8-10-22(11-9-20)30(34)35-24-16-17-25-27(18-24)36-29(33)26(19-32)28(25)21-12-14-23(15-13-21)31(2,3)4/h12-18,20,22,28H,5-11,33H2,1-4H3. The minimum Gasteiger partial charge on any atom is -0.440 e. The summed E-state index contributed by atoms with van der Waals surface area (Å²) >= 11 is 0. The van der Waals surface area contributed by atoms with Gasteiger partial charge in [0.05, 0.1) is 11.8 Å². The van der Waals surface area contributed by atoms with E-state index in [1.54, 1.807) is 12.1 Å². The van der Waals surface area contributed by atoms with Gasteiger partial charge < -0.3 is 15.2 Å². The van der Waals surface area contributed by atoms with Crippen molar-refractivity contribution in [3.05, 3.63) is 70.6 Å². The number of carbonyl (C=O) groups excluding carboxylic acids is 1. The van der Waals surface area contributed by atoms with Gasteiger partial charge in [-0.25, -0.2) is 0 Å². The summed E-state index contributed by atoms with van der Waals surface area (Å²) in [6.07, 6.45) is 7.73. The molecule has 2 aromatic carbocycles. The van der Waals surface area contributed by atoms with Gasteiger partial charge in [0.2, 0.25) is 5.88 Å². The lowest BCUT2D eigenvalue weighted by Crippen LogP contribution is -2.26. The van der Waals surface area contributed by atoms with Crippen LogP contribution in [-0.4, -0.2) is 5.97 Å². The Kier molecular flexibility index (Phi) is 7.73. The molecule has 0 saturated heterocycles. The van der Waals surface area contributed by atoms with Crippen LogP contribution in [0, 0.1) is 23.2 Å². The van der Waals surface area contributed by atoms with E-state index in [-0.39, 0.29) is 29.1 Å². The van der Waals surface area contributed by atoms with Crippen molar-refractivity contribution in [1.29, 1.82) is 5.26 Å². The zero-order chi connectivity index (χ0) is 25.9. The normalized spacial score (nSPS) is 21.8. The van der Waals surface area contributed by atoms with Crippen molar-refractivity contribution in [2.45, 2.75) is 84.0 Å². The molecule has 36 heavy (non-hydrogen) atoms. The van der Waals surface area contributed by atoms with Crippen LogP contribution in [0.1, 0.15) is 95.2 Å². The molecule has 1 fully saturated rings. The van der Waals surface area contributed by atoms with E-state index in [9.17, 15) is 10.1 Å². The largest absolute Gasteiger partial charge is 0.440 e. The molecule has 0 spiro atoms. The monoisotopic (exact) mass is 486 g/mol. The third kappa shape index (κ3) is 5.59. The van der Waals surface area contributed by atoms with Crippen LogP contribution in [0.15, 0.2) is 53.9 Å². The first-order chi connectivity index (χ1) is 17.2. The summed E-state index contributed by atoms with van der Waals surface area (Å²) in [6.45, 7) is 8.74. The first kappa shape index (κ1) is 25.8. The number of nitrogens with two attached hydrogens (primary N) is 1. The third-order valence-corrected chi connectivity index (χ3v) is 7.67. The van der Waals surface area contributed by atoms with E-state index in [0.717, 1.165) is 42.7 Å². The summed E-state index contributed by atoms with van der Waals surface area (Å²) in [5.41, 5.74) is 9.61. The number of ether oxygens (including phenoxy) is 2. The molecular weight excluding hydrogens is 448 g/mol. The number of hydrogen-bond donors (Lipinski definition) is 1. The lowest BCUT2D eigenvalue weighted by atomic mass is 9.80. The number of esters is 1. The highest BCUT2D eigenvalue weighted by atomic mass is 16.5. The van der Waals surface area contributed by atoms with E-state index in [2.05, 4.69) is 58.0 Å². The molecular formula is C31H38N2O3. The van der Waals surface area contributed by atoms with E-state index in [4.69, 9.17) is 15.2 Å². The van der Waals surface area contributed by atoms with Crippen molar-refractivity contribution >= 4 is 5.97 Å². The summed E-state index contributed by atoms with van der Waals surface area (Å²) in [7, 11) is 0. The number of carbonyl (C=O) groups is 1. The number of rotatable bonds is 6. The summed E-state index contributed by atoms with van der Waals surface area (Å²) < 4.78 is 11.6. The molecule has 4 rings (SSSR count). The lowest BCUT2D eigenvalue weighted by molar-refractivity contribution is -0.140. The minimum atomic E-state index is -0.337. The Morgan fingerprint density at radius 3 is 2.42 bits per heavy atom. The number of nitrogens with zero attached hydrogens (tertiary/aromatic N) is 1. The SMILES string of the molecule is CCCCC1CCC(C(=O)Oc2ccc3c(c2)OC(N)=C(C#N)C3c2ccc(C(C)(C)C)cc2)CC1. The summed E-state index contributed by atoms with van der Waals surface area (Å²) in [5, 5.41) is 9.85. The second-order valence-corrected chi connectivity index (χ2v) is 11.3. The van der Waals surface area contributed by atoms with Crippen LogP contribution < -0.4 is 15.2 Å². The molecule has 1 saturated carbocycles. The first-order valence-corrected chi connectivity index (χ1v) is 13.2. The molecule has 0 radical (unpaired) electrons. The quantitative estimate of drug-likeness (QED) is 0.347. The van der Waals surface area contributed by atoms with Crippen molar-refractivity contribution in [1.82, 2.24) is 0 Å². The number of fused-ring (bicyclic) bond motifs is 1. The molecule has 2 N–H and O–H groups in total. The number of benzene rings is 2. The maximum Gasteiger partial charge on any atom is 0.314 e. The van der Waals surface area contributed by atoms with Crippen LogP contribution in [0.5, 0.6) is 11.5 Å². The molecule has 0 amide bonds. The van der Waals surface area contributed by atoms with E-state index in [0.29, 0.717) is 17.1 Å². The fourth-order valence-corrected chi connectivity index (χ4v) is 5.40. The fourth-order valence-electron chi connectivity index (χ4n) is 5.40. The average molecular weight is 487 g/mol. The van der Waals surface area contributed by atoms with Crippen LogP contribution in [0.25, 0.3) is 0 Å². The molecule has 0 aromatic heterocycles. The van der Waals surface area contributed by atoms with Gasteiger partial charge in [0.1, 0.15) is 23.1 Å². The van der Waals surface area contributed by atoms with Crippen molar-refractivity contribution in [2.75, 3.05) is 0 Å². The van der Waals surface area contributed by atoms with E-state index in [1.165, 1.54) is 24.8 Å². The smallest absolute Gasteiger partial charge is 0.314 e. The molecule has 5 heteroatoms. The van der Waals surface area contributed by atoms with Crippen LogP contribution in [0.4, 0.5) is 0 Å². The van der Waals surface area contributed by atoms with Gasteiger partial charge in [-0.1, -0.05) is 77.3 Å². The Hall–Kier alpha value is -3.26. The summed E-state index contributed by atoms with van der Waals surface area (Å²) in [4.78, 5) is 12.9. The Bertz CT molecular complexity index is 1160. The second kappa shape index (κ2) is 10.8. The molecule has 0 bridgehead atoms. The predicted octanol–water partition coefficient (Wildman–Crippen LogP) is 7.10. The van der Waals surface area contributed by atoms with Crippen LogP contribution in [-0.2, 0) is 10.2 Å². The van der Waals surface area contributed by atoms with Gasteiger partial charge in [0.15, 0.2) is 0 Å². The van der Waals surface area contributed by atoms with Gasteiger partial charge in [-0.05, 0) is 54.2 Å². The van der Waals surface area contributed by atoms with Gasteiger partial charge in [0.25, 0.3) is 0 Å². The molecule has 1 aliphatic heterocycles. The highest BCUT2D eigenvalue weighted by Gasteiger charge is 2.32. The zero-order valence-corrected chi connectivity index (χ0v) is 22.0. The Balaban J connectivity index is 1.52. The summed E-state index contributed by atoms with van der Waals surface area (Å²) in [5.74, 6) is 1.23. The topological polar surface area (TPSA) is 85.3 Å². The van der Waals surface area contributed by atoms with Crippen LogP contribution in [0.2, 0.25) is 0 Å². The van der Waals surface area contributed by atoms with Gasteiger partial charge in [-0.15, -0.1) is 0 Å². The van der Waals surface area contributed by atoms with Crippen molar-refractivity contribution in [3.63, 3.8) is 0 Å². The molecule has 190 valence electrons. The molecule has 1 unspecified atom stereocenters. The van der Waals surface area contributed by atoms with Gasteiger partial charge in [-0.2, -0.15) is 5.26 Å². The molecule has 1 atom stereocenters. The molecule has 5 nitrogen and oxygen atoms in total. The average Bonchev–Trinajstić information content (AvgIpc) is 2.86. The highest BCUT2D eigenvalue weighted by Crippen LogP contribution is 2.44. The van der Waals surface area contributed by atoms with E-state index < -0.39 is 0 Å². The maximum atomic E-state index is 12.9. The second-order valence-electron chi connectivity index (χ2n) is 11.3. The number of nitriles is 1. The third-order valence-electron chi connectivity index (χ3n) is 7.67. The van der Waals surface area contributed by atoms with E-state index >= 15 is 0 Å². The number of unbranched alkanes of at least 4 members (excludes halogenated alkanes) is 1. The highest BCUT2D eigenvalue weighted by molar-refractivity contribution is 5.75. The summed E-state index contributed by atoms with van der Waals surface area (Å²) in [6, 6.07) is 15.9. The lowest BCUT2D eigenvalue weighted by Gasteiger charge is -2.28. The molecule has 2 aromatic rings. The Labute approximate surface area is 215 Å². The predicted molar refractivity (Wildman–Crippen MR) is 141 cm³/mol. The zero-order valence-electron chi connectivity index (χ0n) is 22.0. The van der Waals surface area contributed by atoms with Gasteiger partial charge in [0, 0.05) is 11.6 Å². The van der Waals surface area contributed by atoms with Crippen LogP contribution in [0.3, 0.4) is 0 Å². The van der Waals surface area contributed by atoms with Gasteiger partial charge in [-0.3, -0.25) is 4.79 Å². The van der Waals surface area contributed by atoms with Crippen LogP contribution >= 0.6 is 0 Å². The molecule has 1 heterocycles. The maximum absolute atomic E-state index is 12.9. The number of hydrogen-bond acceptors (Lipinski definition) is 5. The molecule has 2 aliphatic rings. The minimum absolute atomic E-state index is 0.0343. The Morgan fingerprint density at radius 2 is 1.81 bits per heavy atom. The fraction of sp³-hybridized carbons (Fsp3) is 0.484. The van der Waals surface area contributed by atoms with Crippen molar-refractivity contribution < 1.29 is 14.3 Å². The van der Waals surface area contributed by atoms with Crippen molar-refractivity contribution in [2.24, 2.45) is 17.6 Å². The molecule has 1 aliphatic carbocycles. The van der Waals surface area contributed by atoms with Crippen molar-refractivity contribution in [3.8, 4) is 17.6 Å².